The maximum absolute atomic E-state index is 12.5. The second kappa shape index (κ2) is 5.00. The van der Waals surface area contributed by atoms with E-state index >= 15 is 0 Å². The molecule has 3 rings (SSSR count). The van der Waals surface area contributed by atoms with E-state index in [-0.39, 0.29) is 11.8 Å². The molecule has 1 spiro atoms. The average molecular weight is 281 g/mol. The molecule has 2 amide bonds. The Morgan fingerprint density at radius 3 is 2.55 bits per heavy atom. The third-order valence-corrected chi connectivity index (χ3v) is 4.82. The van der Waals surface area contributed by atoms with Crippen molar-refractivity contribution in [1.29, 1.82) is 0 Å². The van der Waals surface area contributed by atoms with Crippen molar-refractivity contribution in [2.75, 3.05) is 26.2 Å². The van der Waals surface area contributed by atoms with Gasteiger partial charge in [0.25, 0.3) is 0 Å². The maximum atomic E-state index is 12.5. The summed E-state index contributed by atoms with van der Waals surface area (Å²) in [6.45, 7) is 4.49. The Kier molecular flexibility index (Phi) is 3.46. The summed E-state index contributed by atoms with van der Waals surface area (Å²) in [7, 11) is 0. The molecular formula is C14H23N3O3. The van der Waals surface area contributed by atoms with Gasteiger partial charge in [0.2, 0.25) is 11.8 Å². The standard InChI is InChI=1S/C14H23N3O3/c1-10(18)11(12(19)16-7-2-3-8-16)17-9-14(13(17)20)5-4-6-15-14/h10-11,15,18H,2-9H2,1H3/t10-,11-,14?/m1/s1. The van der Waals surface area contributed by atoms with Crippen LogP contribution in [-0.2, 0) is 9.59 Å². The normalized spacial score (nSPS) is 32.6. The Labute approximate surface area is 119 Å². The molecule has 3 heterocycles. The minimum Gasteiger partial charge on any atom is -0.391 e. The first-order valence-corrected chi connectivity index (χ1v) is 7.58. The number of amides is 2. The van der Waals surface area contributed by atoms with Gasteiger partial charge in [-0.2, -0.15) is 0 Å². The number of nitrogens with one attached hydrogen (secondary N) is 1. The summed E-state index contributed by atoms with van der Waals surface area (Å²) in [5, 5.41) is 13.2. The first kappa shape index (κ1) is 13.8. The molecule has 112 valence electrons. The van der Waals surface area contributed by atoms with Crippen LogP contribution in [0.25, 0.3) is 0 Å². The van der Waals surface area contributed by atoms with E-state index < -0.39 is 17.7 Å². The molecule has 0 radical (unpaired) electrons. The van der Waals surface area contributed by atoms with Crippen LogP contribution < -0.4 is 5.32 Å². The van der Waals surface area contributed by atoms with Crippen molar-refractivity contribution in [3.63, 3.8) is 0 Å². The SMILES string of the molecule is C[C@@H](O)[C@H](C(=O)N1CCCC1)N1CC2(CCCN2)C1=O. The smallest absolute Gasteiger partial charge is 0.248 e. The molecule has 0 aromatic heterocycles. The van der Waals surface area contributed by atoms with Crippen molar-refractivity contribution in [3.05, 3.63) is 0 Å². The van der Waals surface area contributed by atoms with E-state index in [1.54, 1.807) is 16.7 Å². The van der Waals surface area contributed by atoms with Crippen LogP contribution in [-0.4, -0.2) is 70.6 Å². The lowest BCUT2D eigenvalue weighted by molar-refractivity contribution is -0.167. The monoisotopic (exact) mass is 281 g/mol. The number of β-lactam (4-membered cyclic amide) rings is 1. The van der Waals surface area contributed by atoms with Gasteiger partial charge in [-0.25, -0.2) is 0 Å². The minimum absolute atomic E-state index is 0.0200. The number of aliphatic hydroxyl groups is 1. The van der Waals surface area contributed by atoms with Gasteiger partial charge >= 0.3 is 0 Å². The van der Waals surface area contributed by atoms with Crippen molar-refractivity contribution in [1.82, 2.24) is 15.1 Å². The lowest BCUT2D eigenvalue weighted by Gasteiger charge is -2.50. The molecule has 3 saturated heterocycles. The third kappa shape index (κ3) is 2.02. The van der Waals surface area contributed by atoms with Crippen molar-refractivity contribution >= 4 is 11.8 Å². The van der Waals surface area contributed by atoms with E-state index in [1.165, 1.54) is 0 Å². The van der Waals surface area contributed by atoms with Gasteiger partial charge in [0, 0.05) is 19.6 Å². The average Bonchev–Trinajstić information content (AvgIpc) is 3.09. The Balaban J connectivity index is 1.72. The van der Waals surface area contributed by atoms with E-state index in [1.807, 2.05) is 0 Å². The molecule has 3 atom stereocenters. The predicted octanol–water partition coefficient (Wildman–Crippen LogP) is -0.677. The number of hydrogen-bond acceptors (Lipinski definition) is 4. The second-order valence-electron chi connectivity index (χ2n) is 6.26. The van der Waals surface area contributed by atoms with E-state index in [0.717, 1.165) is 45.3 Å². The number of aliphatic hydroxyl groups excluding tert-OH is 1. The first-order valence-electron chi connectivity index (χ1n) is 7.58. The Bertz CT molecular complexity index is 412. The van der Waals surface area contributed by atoms with Crippen LogP contribution in [0.15, 0.2) is 0 Å². The zero-order valence-electron chi connectivity index (χ0n) is 12.0. The summed E-state index contributed by atoms with van der Waals surface area (Å²) in [5.74, 6) is -0.118. The highest BCUT2D eigenvalue weighted by Crippen LogP contribution is 2.34. The van der Waals surface area contributed by atoms with E-state index in [2.05, 4.69) is 5.32 Å². The van der Waals surface area contributed by atoms with Gasteiger partial charge in [0.15, 0.2) is 0 Å². The van der Waals surface area contributed by atoms with Crippen molar-refractivity contribution in [2.24, 2.45) is 0 Å². The summed E-state index contributed by atoms with van der Waals surface area (Å²) in [4.78, 5) is 28.3. The fraction of sp³-hybridized carbons (Fsp3) is 0.857. The van der Waals surface area contributed by atoms with Crippen LogP contribution in [0.3, 0.4) is 0 Å². The molecular weight excluding hydrogens is 258 g/mol. The third-order valence-electron chi connectivity index (χ3n) is 4.82. The van der Waals surface area contributed by atoms with Crippen LogP contribution in [0, 0.1) is 0 Å². The number of hydrogen-bond donors (Lipinski definition) is 2. The van der Waals surface area contributed by atoms with Gasteiger partial charge in [-0.05, 0) is 39.2 Å². The summed E-state index contributed by atoms with van der Waals surface area (Å²) in [5.41, 5.74) is -0.446. The second-order valence-corrected chi connectivity index (χ2v) is 6.26. The van der Waals surface area contributed by atoms with Gasteiger partial charge in [-0.15, -0.1) is 0 Å². The maximum Gasteiger partial charge on any atom is 0.248 e. The highest BCUT2D eigenvalue weighted by molar-refractivity contribution is 5.97. The zero-order valence-corrected chi connectivity index (χ0v) is 12.0. The Hall–Kier alpha value is -1.14. The predicted molar refractivity (Wildman–Crippen MR) is 73.0 cm³/mol. The summed E-state index contributed by atoms with van der Waals surface area (Å²) in [6.07, 6.45) is 3.03. The molecule has 0 bridgehead atoms. The highest BCUT2D eigenvalue weighted by atomic mass is 16.3. The number of carbonyl (C=O) groups excluding carboxylic acids is 2. The van der Waals surface area contributed by atoms with Gasteiger partial charge in [-0.1, -0.05) is 0 Å². The van der Waals surface area contributed by atoms with Gasteiger partial charge in [0.05, 0.1) is 6.10 Å². The number of likely N-dealkylation sites (tertiary alicyclic amines) is 2. The number of rotatable bonds is 3. The van der Waals surface area contributed by atoms with E-state index in [0.29, 0.717) is 6.54 Å². The Morgan fingerprint density at radius 1 is 1.35 bits per heavy atom. The fourth-order valence-electron chi connectivity index (χ4n) is 3.69. The lowest BCUT2D eigenvalue weighted by atomic mass is 9.84. The first-order chi connectivity index (χ1) is 9.55. The van der Waals surface area contributed by atoms with Crippen LogP contribution in [0.1, 0.15) is 32.6 Å². The zero-order chi connectivity index (χ0) is 14.3. The molecule has 6 nitrogen and oxygen atoms in total. The van der Waals surface area contributed by atoms with Crippen molar-refractivity contribution < 1.29 is 14.7 Å². The van der Waals surface area contributed by atoms with Crippen molar-refractivity contribution in [3.8, 4) is 0 Å². The molecule has 0 aromatic rings. The molecule has 3 aliphatic heterocycles. The molecule has 20 heavy (non-hydrogen) atoms. The van der Waals surface area contributed by atoms with Gasteiger partial charge < -0.3 is 20.2 Å². The van der Waals surface area contributed by atoms with Crippen LogP contribution in [0.5, 0.6) is 0 Å². The number of nitrogens with zero attached hydrogens (tertiary/aromatic N) is 2. The van der Waals surface area contributed by atoms with Gasteiger partial charge in [0.1, 0.15) is 11.6 Å². The molecule has 2 N–H and O–H groups in total. The number of carbonyl (C=O) groups is 2. The largest absolute Gasteiger partial charge is 0.391 e. The summed E-state index contributed by atoms with van der Waals surface area (Å²) < 4.78 is 0. The highest BCUT2D eigenvalue weighted by Gasteiger charge is 2.57. The molecule has 0 saturated carbocycles. The van der Waals surface area contributed by atoms with Crippen LogP contribution in [0.4, 0.5) is 0 Å². The minimum atomic E-state index is -0.828. The molecule has 6 heteroatoms. The summed E-state index contributed by atoms with van der Waals surface area (Å²) >= 11 is 0. The van der Waals surface area contributed by atoms with Gasteiger partial charge in [-0.3, -0.25) is 9.59 Å². The quantitative estimate of drug-likeness (QED) is 0.673. The molecule has 0 aromatic carbocycles. The lowest BCUT2D eigenvalue weighted by Crippen LogP contribution is -2.76. The van der Waals surface area contributed by atoms with E-state index in [4.69, 9.17) is 0 Å². The summed E-state index contributed by atoms with van der Waals surface area (Å²) in [6, 6.07) is -0.714. The van der Waals surface area contributed by atoms with Crippen LogP contribution in [0.2, 0.25) is 0 Å². The fourth-order valence-corrected chi connectivity index (χ4v) is 3.69. The van der Waals surface area contributed by atoms with E-state index in [9.17, 15) is 14.7 Å². The molecule has 0 aliphatic carbocycles. The molecule has 3 aliphatic rings. The topological polar surface area (TPSA) is 72.9 Å². The Morgan fingerprint density at radius 2 is 2.05 bits per heavy atom. The van der Waals surface area contributed by atoms with Crippen molar-refractivity contribution in [2.45, 2.75) is 50.3 Å². The molecule has 1 unspecified atom stereocenters. The molecule has 3 fully saturated rings. The van der Waals surface area contributed by atoms with Crippen LogP contribution >= 0.6 is 0 Å².